The molecule has 2 saturated carbocycles. The maximum absolute atomic E-state index is 12.8. The van der Waals surface area contributed by atoms with Crippen molar-refractivity contribution >= 4 is 16.1 Å². The molecule has 164 valence electrons. The summed E-state index contributed by atoms with van der Waals surface area (Å²) in [7, 11) is -3.68. The molecule has 2 saturated heterocycles. The van der Waals surface area contributed by atoms with E-state index in [1.54, 1.807) is 12.1 Å². The van der Waals surface area contributed by atoms with Gasteiger partial charge in [0.15, 0.2) is 5.82 Å². The molecule has 2 aliphatic carbocycles. The maximum atomic E-state index is 12.8. The van der Waals surface area contributed by atoms with Gasteiger partial charge in [0.05, 0.1) is 10.9 Å². The SMILES string of the molecule is NS(=O)(=O)c1ccc(C2CN(C(=O)N3CC4(CC(n5cnc(C6CC6)n5)C4)C3)C2)cc1. The number of carbonyl (C=O) groups is 1. The van der Waals surface area contributed by atoms with E-state index in [4.69, 9.17) is 5.14 Å². The molecule has 3 heterocycles. The molecule has 9 nitrogen and oxygen atoms in total. The lowest BCUT2D eigenvalue weighted by molar-refractivity contribution is -0.0771. The number of urea groups is 1. The topological polar surface area (TPSA) is 114 Å². The number of hydrogen-bond donors (Lipinski definition) is 1. The number of rotatable bonds is 4. The van der Waals surface area contributed by atoms with Crippen LogP contribution in [0.4, 0.5) is 4.79 Å². The van der Waals surface area contributed by atoms with E-state index >= 15 is 0 Å². The lowest BCUT2D eigenvalue weighted by Gasteiger charge is -2.60. The van der Waals surface area contributed by atoms with Crippen molar-refractivity contribution in [2.24, 2.45) is 10.6 Å². The van der Waals surface area contributed by atoms with Crippen LogP contribution in [0.3, 0.4) is 0 Å². The second-order valence-corrected chi connectivity index (χ2v) is 11.3. The summed E-state index contributed by atoms with van der Waals surface area (Å²) in [5, 5.41) is 9.80. The lowest BCUT2D eigenvalue weighted by atomic mass is 9.61. The smallest absolute Gasteiger partial charge is 0.320 e. The Morgan fingerprint density at radius 3 is 2.32 bits per heavy atom. The quantitative estimate of drug-likeness (QED) is 0.773. The van der Waals surface area contributed by atoms with Crippen molar-refractivity contribution in [2.75, 3.05) is 26.2 Å². The molecule has 2 amide bonds. The Morgan fingerprint density at radius 2 is 1.71 bits per heavy atom. The summed E-state index contributed by atoms with van der Waals surface area (Å²) in [6, 6.07) is 7.18. The van der Waals surface area contributed by atoms with Gasteiger partial charge in [-0.2, -0.15) is 5.10 Å². The van der Waals surface area contributed by atoms with Crippen LogP contribution >= 0.6 is 0 Å². The van der Waals surface area contributed by atoms with Crippen molar-refractivity contribution in [3.63, 3.8) is 0 Å². The van der Waals surface area contributed by atoms with Gasteiger partial charge in [-0.05, 0) is 43.4 Å². The second kappa shape index (κ2) is 6.52. The summed E-state index contributed by atoms with van der Waals surface area (Å²) < 4.78 is 24.8. The highest BCUT2D eigenvalue weighted by Crippen LogP contribution is 2.54. The molecule has 0 unspecified atom stereocenters. The zero-order chi connectivity index (χ0) is 21.4. The van der Waals surface area contributed by atoms with Crippen LogP contribution < -0.4 is 5.14 Å². The molecular formula is C21H26N6O3S. The fourth-order valence-electron chi connectivity index (χ4n) is 5.25. The normalized spacial score (nSPS) is 23.4. The van der Waals surface area contributed by atoms with E-state index < -0.39 is 10.0 Å². The Labute approximate surface area is 181 Å². The van der Waals surface area contributed by atoms with Gasteiger partial charge in [0.1, 0.15) is 6.33 Å². The van der Waals surface area contributed by atoms with Crippen LogP contribution in [0.2, 0.25) is 0 Å². The zero-order valence-corrected chi connectivity index (χ0v) is 18.0. The molecule has 1 spiro atoms. The van der Waals surface area contributed by atoms with E-state index in [0.29, 0.717) is 25.0 Å². The van der Waals surface area contributed by atoms with E-state index in [9.17, 15) is 13.2 Å². The van der Waals surface area contributed by atoms with Crippen LogP contribution in [0.1, 0.15) is 54.9 Å². The van der Waals surface area contributed by atoms with Crippen molar-refractivity contribution in [1.29, 1.82) is 0 Å². The average molecular weight is 443 g/mol. The Bertz CT molecular complexity index is 1120. The summed E-state index contributed by atoms with van der Waals surface area (Å²) in [5.74, 6) is 1.83. The van der Waals surface area contributed by atoms with Gasteiger partial charge >= 0.3 is 6.03 Å². The minimum atomic E-state index is -3.68. The van der Waals surface area contributed by atoms with Crippen LogP contribution in [0.15, 0.2) is 35.5 Å². The molecule has 2 N–H and O–H groups in total. The molecule has 4 aliphatic rings. The van der Waals surface area contributed by atoms with Gasteiger partial charge < -0.3 is 9.80 Å². The van der Waals surface area contributed by atoms with Crippen LogP contribution in [0, 0.1) is 5.41 Å². The first kappa shape index (κ1) is 19.2. The third kappa shape index (κ3) is 3.32. The molecule has 4 fully saturated rings. The highest BCUT2D eigenvalue weighted by Gasteiger charge is 2.55. The van der Waals surface area contributed by atoms with Crippen LogP contribution in [-0.4, -0.2) is 65.2 Å². The van der Waals surface area contributed by atoms with Crippen LogP contribution in [0.25, 0.3) is 0 Å². The van der Waals surface area contributed by atoms with Crippen molar-refractivity contribution in [3.8, 4) is 0 Å². The Morgan fingerprint density at radius 1 is 1.03 bits per heavy atom. The Balaban J connectivity index is 0.979. The number of nitrogens with two attached hydrogens (primary N) is 1. The number of likely N-dealkylation sites (tertiary alicyclic amines) is 2. The number of carbonyl (C=O) groups excluding carboxylic acids is 1. The molecule has 2 aliphatic heterocycles. The Hall–Kier alpha value is -2.46. The first-order chi connectivity index (χ1) is 14.8. The van der Waals surface area contributed by atoms with E-state index in [1.807, 2.05) is 20.8 Å². The molecule has 1 aromatic heterocycles. The molecule has 1 aromatic carbocycles. The van der Waals surface area contributed by atoms with Gasteiger partial charge in [-0.3, -0.25) is 0 Å². The predicted octanol–water partition coefficient (Wildman–Crippen LogP) is 1.66. The standard InChI is InChI=1S/C21H26N6O3S/c22-31(29,30)18-5-3-14(4-6-18)16-9-25(10-16)20(28)26-11-21(12-26)7-17(8-21)27-13-23-19(24-27)15-1-2-15/h3-6,13,15-17H,1-2,7-12H2,(H2,22,29,30). The molecular weight excluding hydrogens is 416 g/mol. The predicted molar refractivity (Wildman–Crippen MR) is 112 cm³/mol. The first-order valence-electron chi connectivity index (χ1n) is 10.9. The van der Waals surface area contributed by atoms with Gasteiger partial charge in [-0.15, -0.1) is 0 Å². The summed E-state index contributed by atoms with van der Waals surface area (Å²) in [6.45, 7) is 3.00. The van der Waals surface area contributed by atoms with Crippen LogP contribution in [0.5, 0.6) is 0 Å². The van der Waals surface area contributed by atoms with Crippen molar-refractivity contribution < 1.29 is 13.2 Å². The van der Waals surface area contributed by atoms with Gasteiger partial charge in [-0.25, -0.2) is 28.0 Å². The summed E-state index contributed by atoms with van der Waals surface area (Å²) >= 11 is 0. The lowest BCUT2D eigenvalue weighted by Crippen LogP contribution is -2.67. The minimum Gasteiger partial charge on any atom is -0.323 e. The molecule has 2 aromatic rings. The average Bonchev–Trinajstić information content (AvgIpc) is 3.36. The third-order valence-electron chi connectivity index (χ3n) is 7.34. The van der Waals surface area contributed by atoms with Gasteiger partial charge in [-0.1, -0.05) is 12.1 Å². The minimum absolute atomic E-state index is 0.114. The number of hydrogen-bond acceptors (Lipinski definition) is 5. The number of primary sulfonamides is 1. The monoisotopic (exact) mass is 442 g/mol. The van der Waals surface area contributed by atoms with E-state index in [2.05, 4.69) is 10.1 Å². The number of benzene rings is 1. The number of nitrogens with zero attached hydrogens (tertiary/aromatic N) is 5. The van der Waals surface area contributed by atoms with E-state index in [-0.39, 0.29) is 22.3 Å². The van der Waals surface area contributed by atoms with Gasteiger partial charge in [0.25, 0.3) is 0 Å². The molecule has 6 rings (SSSR count). The highest BCUT2D eigenvalue weighted by molar-refractivity contribution is 7.89. The van der Waals surface area contributed by atoms with E-state index in [1.165, 1.54) is 25.0 Å². The molecule has 0 atom stereocenters. The zero-order valence-electron chi connectivity index (χ0n) is 17.2. The van der Waals surface area contributed by atoms with Crippen molar-refractivity contribution in [2.45, 2.75) is 48.5 Å². The summed E-state index contributed by atoms with van der Waals surface area (Å²) in [4.78, 5) is 21.2. The van der Waals surface area contributed by atoms with Crippen LogP contribution in [-0.2, 0) is 10.0 Å². The number of sulfonamides is 1. The highest BCUT2D eigenvalue weighted by atomic mass is 32.2. The fraction of sp³-hybridized carbons (Fsp3) is 0.571. The molecule has 0 radical (unpaired) electrons. The largest absolute Gasteiger partial charge is 0.323 e. The third-order valence-corrected chi connectivity index (χ3v) is 8.26. The van der Waals surface area contributed by atoms with Crippen molar-refractivity contribution in [1.82, 2.24) is 24.6 Å². The summed E-state index contributed by atoms with van der Waals surface area (Å²) in [6.07, 6.45) is 6.46. The van der Waals surface area contributed by atoms with Crippen molar-refractivity contribution in [3.05, 3.63) is 42.0 Å². The molecule has 0 bridgehead atoms. The second-order valence-electron chi connectivity index (χ2n) is 9.77. The molecule has 31 heavy (non-hydrogen) atoms. The fourth-order valence-corrected chi connectivity index (χ4v) is 5.77. The van der Waals surface area contributed by atoms with Gasteiger partial charge in [0.2, 0.25) is 10.0 Å². The number of aromatic nitrogens is 3. The van der Waals surface area contributed by atoms with Gasteiger partial charge in [0, 0.05) is 43.4 Å². The molecule has 10 heteroatoms. The number of amides is 2. The first-order valence-corrected chi connectivity index (χ1v) is 12.4. The maximum Gasteiger partial charge on any atom is 0.320 e. The van der Waals surface area contributed by atoms with E-state index in [0.717, 1.165) is 37.3 Å². The Kier molecular flexibility index (Phi) is 4.05. The summed E-state index contributed by atoms with van der Waals surface area (Å²) in [5.41, 5.74) is 1.30.